The zero-order valence-corrected chi connectivity index (χ0v) is 22.3. The molecular weight excluding hydrogens is 460 g/mol. The SMILES string of the molecule is Cc1cccc(C)c1NC(=O)Nc1ccc(N2CCC(Cc3ccccc3)CC2)c(C(=O)NC(C)C)c1. The molecule has 3 N–H and O–H groups in total. The maximum Gasteiger partial charge on any atom is 0.323 e. The number of nitrogens with zero attached hydrogens (tertiary/aromatic N) is 1. The van der Waals surface area contributed by atoms with Crippen LogP contribution in [0.5, 0.6) is 0 Å². The van der Waals surface area contributed by atoms with E-state index in [0.717, 1.165) is 54.9 Å². The van der Waals surface area contributed by atoms with Gasteiger partial charge in [0.2, 0.25) is 0 Å². The zero-order chi connectivity index (χ0) is 26.4. The number of anilines is 3. The largest absolute Gasteiger partial charge is 0.371 e. The summed E-state index contributed by atoms with van der Waals surface area (Å²) in [6.07, 6.45) is 3.25. The number of carbonyl (C=O) groups is 2. The van der Waals surface area contributed by atoms with Crippen molar-refractivity contribution in [3.05, 3.63) is 89.0 Å². The summed E-state index contributed by atoms with van der Waals surface area (Å²) in [6, 6.07) is 21.9. The van der Waals surface area contributed by atoms with E-state index in [4.69, 9.17) is 0 Å². The molecule has 3 aromatic carbocycles. The molecule has 1 fully saturated rings. The first-order valence-electron chi connectivity index (χ1n) is 13.2. The van der Waals surface area contributed by atoms with E-state index in [-0.39, 0.29) is 18.0 Å². The lowest BCUT2D eigenvalue weighted by Gasteiger charge is -2.35. The number of hydrogen-bond acceptors (Lipinski definition) is 3. The third-order valence-corrected chi connectivity index (χ3v) is 6.96. The summed E-state index contributed by atoms with van der Waals surface area (Å²) in [5, 5.41) is 8.88. The van der Waals surface area contributed by atoms with E-state index in [2.05, 4.69) is 51.2 Å². The Morgan fingerprint density at radius 2 is 1.57 bits per heavy atom. The van der Waals surface area contributed by atoms with E-state index >= 15 is 0 Å². The molecule has 0 aliphatic carbocycles. The van der Waals surface area contributed by atoms with Crippen molar-refractivity contribution in [1.29, 1.82) is 0 Å². The van der Waals surface area contributed by atoms with Crippen molar-refractivity contribution in [3.63, 3.8) is 0 Å². The second kappa shape index (κ2) is 12.0. The highest BCUT2D eigenvalue weighted by atomic mass is 16.2. The molecule has 0 unspecified atom stereocenters. The minimum absolute atomic E-state index is 0.0147. The number of carbonyl (C=O) groups excluding carboxylic acids is 2. The van der Waals surface area contributed by atoms with Crippen LogP contribution in [0.25, 0.3) is 0 Å². The third-order valence-electron chi connectivity index (χ3n) is 6.96. The molecule has 3 aromatic rings. The molecule has 1 aliphatic heterocycles. The lowest BCUT2D eigenvalue weighted by atomic mass is 9.89. The Hall–Kier alpha value is -3.80. The van der Waals surface area contributed by atoms with Crippen LogP contribution in [0.1, 0.15) is 53.7 Å². The van der Waals surface area contributed by atoms with Crippen molar-refractivity contribution in [2.75, 3.05) is 28.6 Å². The number of piperidine rings is 1. The molecule has 3 amide bonds. The minimum atomic E-state index is -0.331. The fourth-order valence-electron chi connectivity index (χ4n) is 5.02. The van der Waals surface area contributed by atoms with Gasteiger partial charge in [0.05, 0.1) is 5.56 Å². The van der Waals surface area contributed by atoms with Gasteiger partial charge in [0, 0.05) is 36.2 Å². The third kappa shape index (κ3) is 6.91. The van der Waals surface area contributed by atoms with Gasteiger partial charge < -0.3 is 20.9 Å². The summed E-state index contributed by atoms with van der Waals surface area (Å²) in [4.78, 5) is 28.3. The standard InChI is InChI=1S/C31H38N4O2/c1-21(2)32-30(36)27-20-26(33-31(37)34-29-22(3)9-8-10-23(29)4)13-14-28(27)35-17-15-25(16-18-35)19-24-11-6-5-7-12-24/h5-14,20-21,25H,15-19H2,1-4H3,(H,32,36)(H2,33,34,37). The molecule has 0 radical (unpaired) electrons. The van der Waals surface area contributed by atoms with Crippen molar-refractivity contribution < 1.29 is 9.59 Å². The van der Waals surface area contributed by atoms with E-state index < -0.39 is 0 Å². The predicted molar refractivity (Wildman–Crippen MR) is 153 cm³/mol. The Morgan fingerprint density at radius 3 is 2.22 bits per heavy atom. The van der Waals surface area contributed by atoms with E-state index in [9.17, 15) is 9.59 Å². The van der Waals surface area contributed by atoms with Gasteiger partial charge in [-0.3, -0.25) is 4.79 Å². The molecule has 6 nitrogen and oxygen atoms in total. The first kappa shape index (κ1) is 26.3. The number of aryl methyl sites for hydroxylation is 2. The Balaban J connectivity index is 1.48. The van der Waals surface area contributed by atoms with Crippen LogP contribution in [-0.4, -0.2) is 31.1 Å². The summed E-state index contributed by atoms with van der Waals surface area (Å²) < 4.78 is 0. The monoisotopic (exact) mass is 498 g/mol. The average Bonchev–Trinajstić information content (AvgIpc) is 2.87. The summed E-state index contributed by atoms with van der Waals surface area (Å²) in [5.74, 6) is 0.511. The topological polar surface area (TPSA) is 73.5 Å². The van der Waals surface area contributed by atoms with Crippen molar-refractivity contribution >= 4 is 29.0 Å². The summed E-state index contributed by atoms with van der Waals surface area (Å²) >= 11 is 0. The Labute approximate surface area is 220 Å². The van der Waals surface area contributed by atoms with Gasteiger partial charge in [-0.15, -0.1) is 0 Å². The first-order valence-corrected chi connectivity index (χ1v) is 13.2. The number of urea groups is 1. The lowest BCUT2D eigenvalue weighted by Crippen LogP contribution is -2.37. The summed E-state index contributed by atoms with van der Waals surface area (Å²) in [6.45, 7) is 9.64. The quantitative estimate of drug-likeness (QED) is 0.346. The van der Waals surface area contributed by atoms with Crippen molar-refractivity contribution in [2.24, 2.45) is 5.92 Å². The normalized spacial score (nSPS) is 13.9. The maximum absolute atomic E-state index is 13.2. The van der Waals surface area contributed by atoms with Crippen LogP contribution < -0.4 is 20.9 Å². The van der Waals surface area contributed by atoms with E-state index in [0.29, 0.717) is 17.2 Å². The number of hydrogen-bond donors (Lipinski definition) is 3. The molecule has 0 atom stereocenters. The van der Waals surface area contributed by atoms with E-state index in [1.54, 1.807) is 6.07 Å². The molecule has 1 saturated heterocycles. The number of nitrogens with one attached hydrogen (secondary N) is 3. The molecular formula is C31H38N4O2. The molecule has 1 heterocycles. The van der Waals surface area contributed by atoms with Crippen LogP contribution in [0.2, 0.25) is 0 Å². The number of para-hydroxylation sites is 1. The first-order chi connectivity index (χ1) is 17.8. The van der Waals surface area contributed by atoms with Crippen molar-refractivity contribution in [1.82, 2.24) is 5.32 Å². The van der Waals surface area contributed by atoms with Crippen LogP contribution in [0.4, 0.5) is 21.9 Å². The molecule has 1 aliphatic rings. The number of amides is 3. The van der Waals surface area contributed by atoms with Crippen LogP contribution >= 0.6 is 0 Å². The molecule has 4 rings (SSSR count). The molecule has 0 spiro atoms. The molecule has 0 saturated carbocycles. The van der Waals surface area contributed by atoms with Gasteiger partial charge in [0.25, 0.3) is 5.91 Å². The Bertz CT molecular complexity index is 1210. The van der Waals surface area contributed by atoms with Gasteiger partial charge >= 0.3 is 6.03 Å². The second-order valence-corrected chi connectivity index (χ2v) is 10.3. The Kier molecular flexibility index (Phi) is 8.49. The zero-order valence-electron chi connectivity index (χ0n) is 22.3. The molecule has 37 heavy (non-hydrogen) atoms. The molecule has 6 heteroatoms. The van der Waals surface area contributed by atoms with Crippen LogP contribution in [0.15, 0.2) is 66.7 Å². The van der Waals surface area contributed by atoms with Crippen LogP contribution in [0, 0.1) is 19.8 Å². The van der Waals surface area contributed by atoms with Gasteiger partial charge in [0.1, 0.15) is 0 Å². The van der Waals surface area contributed by atoms with E-state index in [1.165, 1.54) is 5.56 Å². The maximum atomic E-state index is 13.2. The van der Waals surface area contributed by atoms with Gasteiger partial charge in [-0.2, -0.15) is 0 Å². The highest BCUT2D eigenvalue weighted by Gasteiger charge is 2.24. The fourth-order valence-corrected chi connectivity index (χ4v) is 5.02. The summed E-state index contributed by atoms with van der Waals surface area (Å²) in [7, 11) is 0. The van der Waals surface area contributed by atoms with Crippen molar-refractivity contribution in [2.45, 2.75) is 53.0 Å². The number of rotatable bonds is 7. The highest BCUT2D eigenvalue weighted by molar-refractivity contribution is 6.04. The van der Waals surface area contributed by atoms with Gasteiger partial charge in [0.15, 0.2) is 0 Å². The average molecular weight is 499 g/mol. The van der Waals surface area contributed by atoms with Crippen molar-refractivity contribution in [3.8, 4) is 0 Å². The molecule has 194 valence electrons. The van der Waals surface area contributed by atoms with E-state index in [1.807, 2.05) is 58.0 Å². The summed E-state index contributed by atoms with van der Waals surface area (Å²) in [5.41, 5.74) is 6.26. The molecule has 0 bridgehead atoms. The smallest absolute Gasteiger partial charge is 0.323 e. The lowest BCUT2D eigenvalue weighted by molar-refractivity contribution is 0.0943. The number of benzene rings is 3. The van der Waals surface area contributed by atoms with Crippen LogP contribution in [0.3, 0.4) is 0 Å². The van der Waals surface area contributed by atoms with Crippen LogP contribution in [-0.2, 0) is 6.42 Å². The van der Waals surface area contributed by atoms with Gasteiger partial charge in [-0.05, 0) is 87.8 Å². The second-order valence-electron chi connectivity index (χ2n) is 10.3. The fraction of sp³-hybridized carbons (Fsp3) is 0.355. The Morgan fingerprint density at radius 1 is 0.892 bits per heavy atom. The highest BCUT2D eigenvalue weighted by Crippen LogP contribution is 2.30. The minimum Gasteiger partial charge on any atom is -0.371 e. The van der Waals surface area contributed by atoms with Gasteiger partial charge in [-0.25, -0.2) is 4.79 Å². The predicted octanol–water partition coefficient (Wildman–Crippen LogP) is 6.54. The van der Waals surface area contributed by atoms with Gasteiger partial charge in [-0.1, -0.05) is 48.5 Å². The molecule has 0 aromatic heterocycles.